The number of amides is 1. The number of hydrogen-bond donors (Lipinski definition) is 1. The predicted octanol–water partition coefficient (Wildman–Crippen LogP) is 4.36. The fraction of sp³-hybridized carbons (Fsp3) is 0.385. The van der Waals surface area contributed by atoms with Gasteiger partial charge in [-0.15, -0.1) is 0 Å². The van der Waals surface area contributed by atoms with Crippen molar-refractivity contribution in [3.05, 3.63) is 71.8 Å². The molecule has 1 aliphatic rings. The van der Waals surface area contributed by atoms with Gasteiger partial charge >= 0.3 is 5.97 Å². The second-order valence-electron chi connectivity index (χ2n) is 8.15. The number of Topliss-reactive ketones (excluding diaryl/α,β-unsaturated/α-hetero) is 1. The van der Waals surface area contributed by atoms with Crippen LogP contribution < -0.4 is 5.32 Å². The zero-order chi connectivity index (χ0) is 22.8. The van der Waals surface area contributed by atoms with Crippen molar-refractivity contribution in [1.29, 1.82) is 0 Å². The summed E-state index contributed by atoms with van der Waals surface area (Å²) in [5.74, 6) is -2.00. The monoisotopic (exact) mass is 434 g/mol. The Labute approximate surface area is 189 Å². The Kier molecular flexibility index (Phi) is 8.31. The average Bonchev–Trinajstić information content (AvgIpc) is 3.12. The Morgan fingerprint density at radius 3 is 2.22 bits per heavy atom. The van der Waals surface area contributed by atoms with Crippen LogP contribution in [0.25, 0.3) is 0 Å². The first-order valence-corrected chi connectivity index (χ1v) is 11.3. The van der Waals surface area contributed by atoms with Gasteiger partial charge in [-0.05, 0) is 12.0 Å². The van der Waals surface area contributed by atoms with Gasteiger partial charge in [0.1, 0.15) is 5.71 Å². The first kappa shape index (κ1) is 23.4. The van der Waals surface area contributed by atoms with Crippen molar-refractivity contribution in [2.24, 2.45) is 5.16 Å². The molecule has 0 radical (unpaired) electrons. The molecule has 0 fully saturated rings. The van der Waals surface area contributed by atoms with Gasteiger partial charge in [-0.3, -0.25) is 9.59 Å². The van der Waals surface area contributed by atoms with Crippen LogP contribution in [0.2, 0.25) is 0 Å². The second kappa shape index (κ2) is 11.4. The number of hydrogen-bond acceptors (Lipinski definition) is 5. The fourth-order valence-corrected chi connectivity index (χ4v) is 3.89. The lowest BCUT2D eigenvalue weighted by atomic mass is 9.83. The maximum Gasteiger partial charge on any atom is 0.366 e. The summed E-state index contributed by atoms with van der Waals surface area (Å²) in [5, 5.41) is 6.70. The van der Waals surface area contributed by atoms with Gasteiger partial charge in [-0.1, -0.05) is 105 Å². The van der Waals surface area contributed by atoms with Gasteiger partial charge < -0.3 is 10.2 Å². The third kappa shape index (κ3) is 5.69. The van der Waals surface area contributed by atoms with E-state index in [9.17, 15) is 14.4 Å². The van der Waals surface area contributed by atoms with Crippen molar-refractivity contribution in [3.63, 3.8) is 0 Å². The van der Waals surface area contributed by atoms with Crippen molar-refractivity contribution < 1.29 is 19.2 Å². The van der Waals surface area contributed by atoms with Crippen LogP contribution in [-0.4, -0.2) is 28.9 Å². The highest BCUT2D eigenvalue weighted by atomic mass is 16.7. The molecule has 168 valence electrons. The van der Waals surface area contributed by atoms with E-state index in [1.807, 2.05) is 48.5 Å². The highest BCUT2D eigenvalue weighted by Gasteiger charge is 2.52. The van der Waals surface area contributed by atoms with E-state index in [4.69, 9.17) is 4.84 Å². The largest absolute Gasteiger partial charge is 0.366 e. The molecule has 1 aliphatic heterocycles. The van der Waals surface area contributed by atoms with Crippen LogP contribution in [0.15, 0.2) is 65.8 Å². The molecule has 1 amide bonds. The minimum Gasteiger partial charge on any atom is -0.328 e. The molecule has 1 atom stereocenters. The summed E-state index contributed by atoms with van der Waals surface area (Å²) in [7, 11) is 0. The van der Waals surface area contributed by atoms with E-state index < -0.39 is 23.2 Å². The van der Waals surface area contributed by atoms with Crippen molar-refractivity contribution in [2.45, 2.75) is 63.8 Å². The predicted molar refractivity (Wildman–Crippen MR) is 123 cm³/mol. The number of nitrogens with one attached hydrogen (secondary N) is 1. The molecule has 6 nitrogen and oxygen atoms in total. The molecule has 6 heteroatoms. The van der Waals surface area contributed by atoms with Crippen molar-refractivity contribution >= 4 is 23.4 Å². The first-order chi connectivity index (χ1) is 15.6. The minimum absolute atomic E-state index is 0.135. The number of carbonyl (C=O) groups excluding carboxylic acids is 3. The van der Waals surface area contributed by atoms with Gasteiger partial charge in [-0.2, -0.15) is 0 Å². The molecule has 1 unspecified atom stereocenters. The lowest BCUT2D eigenvalue weighted by Gasteiger charge is -2.27. The van der Waals surface area contributed by atoms with Crippen molar-refractivity contribution in [3.8, 4) is 0 Å². The molecular formula is C26H30N2O4. The fourth-order valence-electron chi connectivity index (χ4n) is 3.89. The van der Waals surface area contributed by atoms with E-state index in [-0.39, 0.29) is 12.8 Å². The van der Waals surface area contributed by atoms with E-state index in [0.717, 1.165) is 31.2 Å². The van der Waals surface area contributed by atoms with Gasteiger partial charge in [-0.25, -0.2) is 4.79 Å². The molecule has 2 aromatic rings. The van der Waals surface area contributed by atoms with E-state index in [0.29, 0.717) is 17.7 Å². The number of oxime groups is 1. The summed E-state index contributed by atoms with van der Waals surface area (Å²) in [6.07, 6.45) is 6.39. The van der Waals surface area contributed by atoms with Crippen LogP contribution in [0.3, 0.4) is 0 Å². The molecule has 0 saturated carbocycles. The quantitative estimate of drug-likeness (QED) is 0.305. The van der Waals surface area contributed by atoms with Crippen molar-refractivity contribution in [1.82, 2.24) is 5.32 Å². The summed E-state index contributed by atoms with van der Waals surface area (Å²) < 4.78 is 0. The topological polar surface area (TPSA) is 84.8 Å². The normalized spacial score (nSPS) is 17.5. The standard InChI is InChI=1S/C26H30N2O4/c1-2-3-4-5-6-13-18-22(29)24(30)27-26(19-20-14-9-7-10-15-20)23(28-32-25(26)31)21-16-11-8-12-17-21/h7-12,14-17H,2-6,13,18-19H2,1H3,(H,27,30). The summed E-state index contributed by atoms with van der Waals surface area (Å²) >= 11 is 0. The molecule has 1 N–H and O–H groups in total. The summed E-state index contributed by atoms with van der Waals surface area (Å²) in [6, 6.07) is 18.4. The lowest BCUT2D eigenvalue weighted by molar-refractivity contribution is -0.148. The van der Waals surface area contributed by atoms with Gasteiger partial charge in [0.25, 0.3) is 5.91 Å². The first-order valence-electron chi connectivity index (χ1n) is 11.3. The molecule has 0 aliphatic carbocycles. The van der Waals surface area contributed by atoms with Gasteiger partial charge in [0, 0.05) is 18.4 Å². The van der Waals surface area contributed by atoms with Gasteiger partial charge in [0.2, 0.25) is 5.78 Å². The SMILES string of the molecule is CCCCCCCCC(=O)C(=O)NC1(Cc2ccccc2)C(=O)ON=C1c1ccccc1. The number of carbonyl (C=O) groups is 3. The Morgan fingerprint density at radius 2 is 1.53 bits per heavy atom. The number of benzene rings is 2. The molecule has 32 heavy (non-hydrogen) atoms. The second-order valence-corrected chi connectivity index (χ2v) is 8.15. The van der Waals surface area contributed by atoms with Crippen LogP contribution in [0.5, 0.6) is 0 Å². The van der Waals surface area contributed by atoms with E-state index in [1.54, 1.807) is 12.1 Å². The van der Waals surface area contributed by atoms with Gasteiger partial charge in [0.15, 0.2) is 5.54 Å². The van der Waals surface area contributed by atoms with E-state index >= 15 is 0 Å². The van der Waals surface area contributed by atoms with Crippen LogP contribution in [0, 0.1) is 0 Å². The van der Waals surface area contributed by atoms with Gasteiger partial charge in [0.05, 0.1) is 0 Å². The molecule has 2 aromatic carbocycles. The van der Waals surface area contributed by atoms with Crippen LogP contribution in [0.1, 0.15) is 63.0 Å². The molecular weight excluding hydrogens is 404 g/mol. The molecule has 0 spiro atoms. The Balaban J connectivity index is 1.78. The Morgan fingerprint density at radius 1 is 0.906 bits per heavy atom. The summed E-state index contributed by atoms with van der Waals surface area (Å²) in [6.45, 7) is 2.15. The number of rotatable bonds is 12. The summed E-state index contributed by atoms with van der Waals surface area (Å²) in [5.41, 5.74) is 0.209. The zero-order valence-corrected chi connectivity index (χ0v) is 18.5. The molecule has 0 saturated heterocycles. The average molecular weight is 435 g/mol. The highest BCUT2D eigenvalue weighted by molar-refractivity contribution is 6.38. The smallest absolute Gasteiger partial charge is 0.328 e. The third-order valence-corrected chi connectivity index (χ3v) is 5.67. The maximum atomic E-state index is 12.9. The number of ketones is 1. The molecule has 0 bridgehead atoms. The third-order valence-electron chi connectivity index (χ3n) is 5.67. The molecule has 1 heterocycles. The summed E-state index contributed by atoms with van der Waals surface area (Å²) in [4.78, 5) is 43.4. The maximum absolute atomic E-state index is 12.9. The van der Waals surface area contributed by atoms with Crippen LogP contribution >= 0.6 is 0 Å². The zero-order valence-electron chi connectivity index (χ0n) is 18.5. The van der Waals surface area contributed by atoms with E-state index in [2.05, 4.69) is 17.4 Å². The Hall–Kier alpha value is -3.28. The molecule has 3 rings (SSSR count). The van der Waals surface area contributed by atoms with E-state index in [1.165, 1.54) is 6.42 Å². The van der Waals surface area contributed by atoms with Crippen LogP contribution in [0.4, 0.5) is 0 Å². The lowest BCUT2D eigenvalue weighted by Crippen LogP contribution is -2.61. The number of nitrogens with zero attached hydrogens (tertiary/aromatic N) is 1. The Bertz CT molecular complexity index is 956. The van der Waals surface area contributed by atoms with Crippen molar-refractivity contribution in [2.75, 3.05) is 0 Å². The minimum atomic E-state index is -1.56. The van der Waals surface area contributed by atoms with Crippen LogP contribution in [-0.2, 0) is 25.6 Å². The number of unbranched alkanes of at least 4 members (excludes halogenated alkanes) is 5. The molecule has 0 aromatic heterocycles. The highest BCUT2D eigenvalue weighted by Crippen LogP contribution is 2.27.